The molecule has 0 atom stereocenters. The molecule has 0 spiro atoms. The molecule has 0 saturated heterocycles. The molecule has 1 aliphatic rings. The third-order valence-corrected chi connectivity index (χ3v) is 5.85. The smallest absolute Gasteiger partial charge is 0.241 e. The van der Waals surface area contributed by atoms with Gasteiger partial charge in [0.25, 0.3) is 0 Å². The Bertz CT molecular complexity index is 1230. The van der Waals surface area contributed by atoms with Crippen LogP contribution in [0.25, 0.3) is 27.9 Å². The van der Waals surface area contributed by atoms with Crippen molar-refractivity contribution in [2.24, 2.45) is 0 Å². The summed E-state index contributed by atoms with van der Waals surface area (Å²) < 4.78 is 27.3. The maximum atomic E-state index is 13.0. The van der Waals surface area contributed by atoms with Crippen LogP contribution in [0.2, 0.25) is 0 Å². The van der Waals surface area contributed by atoms with Crippen LogP contribution in [0, 0.1) is 6.92 Å². The van der Waals surface area contributed by atoms with Crippen LogP contribution < -0.4 is 5.32 Å². The van der Waals surface area contributed by atoms with Crippen LogP contribution in [0.4, 0.5) is 10.3 Å². The molecule has 168 valence electrons. The molecule has 0 bridgehead atoms. The molecule has 1 saturated carbocycles. The van der Waals surface area contributed by atoms with E-state index < -0.39 is 6.67 Å². The fourth-order valence-corrected chi connectivity index (χ4v) is 4.10. The number of anilines is 1. The lowest BCUT2D eigenvalue weighted by Crippen LogP contribution is -2.41. The third kappa shape index (κ3) is 3.91. The number of nitrogens with one attached hydrogen (secondary N) is 1. The minimum atomic E-state index is -0.460. The van der Waals surface area contributed by atoms with Crippen LogP contribution in [0.5, 0.6) is 0 Å². The van der Waals surface area contributed by atoms with Crippen LogP contribution in [0.1, 0.15) is 18.7 Å². The number of hydrogen-bond acceptors (Lipinski definition) is 7. The molecule has 0 amide bonds. The van der Waals surface area contributed by atoms with Gasteiger partial charge < -0.3 is 19.4 Å². The van der Waals surface area contributed by atoms with Crippen LogP contribution in [-0.2, 0) is 16.0 Å². The number of imidazole rings is 1. The summed E-state index contributed by atoms with van der Waals surface area (Å²) in [6.07, 6.45) is 5.81. The Balaban J connectivity index is 1.33. The van der Waals surface area contributed by atoms with Gasteiger partial charge >= 0.3 is 0 Å². The lowest BCUT2D eigenvalue weighted by atomic mass is 9.89. The Morgan fingerprint density at radius 3 is 2.88 bits per heavy atom. The maximum absolute atomic E-state index is 13.0. The minimum absolute atomic E-state index is 0.243. The summed E-state index contributed by atoms with van der Waals surface area (Å²) in [4.78, 5) is 13.7. The summed E-state index contributed by atoms with van der Waals surface area (Å²) in [7, 11) is 1.67. The van der Waals surface area contributed by atoms with Gasteiger partial charge in [-0.15, -0.1) is 5.10 Å². The van der Waals surface area contributed by atoms with Crippen molar-refractivity contribution < 1.29 is 13.9 Å². The van der Waals surface area contributed by atoms with E-state index >= 15 is 0 Å². The molecular weight excluding hydrogens is 413 g/mol. The van der Waals surface area contributed by atoms with Gasteiger partial charge in [0.15, 0.2) is 5.65 Å². The summed E-state index contributed by atoms with van der Waals surface area (Å²) in [6, 6.07) is 6.11. The highest BCUT2D eigenvalue weighted by Crippen LogP contribution is 2.28. The van der Waals surface area contributed by atoms with Crippen LogP contribution in [0.15, 0.2) is 30.6 Å². The number of aryl methyl sites for hydroxylation is 2. The summed E-state index contributed by atoms with van der Waals surface area (Å²) in [6.45, 7) is 2.88. The molecule has 4 aromatic heterocycles. The van der Waals surface area contributed by atoms with Crippen LogP contribution in [0.3, 0.4) is 0 Å². The second-order valence-electron chi connectivity index (χ2n) is 7.98. The fourth-order valence-electron chi connectivity index (χ4n) is 4.10. The van der Waals surface area contributed by atoms with Gasteiger partial charge in [-0.3, -0.25) is 0 Å². The van der Waals surface area contributed by atoms with E-state index in [1.165, 1.54) is 0 Å². The van der Waals surface area contributed by atoms with Gasteiger partial charge in [-0.2, -0.15) is 0 Å². The number of fused-ring (bicyclic) bond motifs is 2. The molecule has 0 aromatic carbocycles. The first-order valence-corrected chi connectivity index (χ1v) is 10.8. The minimum Gasteiger partial charge on any atom is -0.382 e. The molecule has 10 heteroatoms. The van der Waals surface area contributed by atoms with E-state index in [1.54, 1.807) is 22.4 Å². The normalized spacial score (nSPS) is 18.3. The van der Waals surface area contributed by atoms with Gasteiger partial charge in [-0.1, -0.05) is 0 Å². The molecule has 0 aliphatic heterocycles. The van der Waals surface area contributed by atoms with Crippen molar-refractivity contribution in [3.63, 3.8) is 0 Å². The summed E-state index contributed by atoms with van der Waals surface area (Å²) in [5, 5.41) is 7.97. The molecule has 0 radical (unpaired) electrons. The zero-order valence-electron chi connectivity index (χ0n) is 18.2. The highest BCUT2D eigenvalue weighted by molar-refractivity contribution is 5.82. The van der Waals surface area contributed by atoms with Crippen LogP contribution in [-0.4, -0.2) is 68.3 Å². The molecule has 0 unspecified atom stereocenters. The second-order valence-corrected chi connectivity index (χ2v) is 7.98. The predicted octanol–water partition coefficient (Wildman–Crippen LogP) is 3.02. The number of pyridine rings is 1. The molecule has 1 fully saturated rings. The number of halogens is 1. The zero-order valence-corrected chi connectivity index (χ0v) is 18.2. The molecule has 4 aromatic rings. The molecule has 1 aliphatic carbocycles. The predicted molar refractivity (Wildman–Crippen MR) is 118 cm³/mol. The van der Waals surface area contributed by atoms with Crippen molar-refractivity contribution in [2.75, 3.05) is 32.3 Å². The molecule has 5 rings (SSSR count). The standard InChI is InChI=1S/C22H26FN7O2/c1-14-25-19-4-3-18(27-21(19)29(14)8-6-23)17-5-7-30-20(17)13-24-22(28-30)26-15-11-16(12-15)32-10-9-31-2/h3-5,7,13,15-16H,6,8-12H2,1-2H3,(H,26,28)/t15-,16-. The summed E-state index contributed by atoms with van der Waals surface area (Å²) in [5.41, 5.74) is 3.99. The van der Waals surface area contributed by atoms with Gasteiger partial charge in [-0.05, 0) is 38.0 Å². The number of nitrogens with zero attached hydrogens (tertiary/aromatic N) is 6. The Kier molecular flexibility index (Phi) is 5.71. The van der Waals surface area contributed by atoms with Crippen molar-refractivity contribution in [1.82, 2.24) is 29.1 Å². The van der Waals surface area contributed by atoms with E-state index in [9.17, 15) is 4.39 Å². The average Bonchev–Trinajstić information content (AvgIpc) is 3.32. The van der Waals surface area contributed by atoms with Crippen molar-refractivity contribution in [2.45, 2.75) is 38.5 Å². The number of hydrogen-bond donors (Lipinski definition) is 1. The first kappa shape index (κ1) is 20.8. The van der Waals surface area contributed by atoms with Crippen molar-refractivity contribution in [3.8, 4) is 11.3 Å². The Labute approximate surface area is 184 Å². The van der Waals surface area contributed by atoms with E-state index in [-0.39, 0.29) is 12.6 Å². The number of aromatic nitrogens is 6. The SMILES string of the molecule is COCCO[C@H]1C[C@H](Nc2ncc3c(-c4ccc5nc(C)n(CCF)c5n4)ccn3n2)C1. The zero-order chi connectivity index (χ0) is 22.1. The van der Waals surface area contributed by atoms with E-state index in [1.807, 2.05) is 31.3 Å². The van der Waals surface area contributed by atoms with Crippen molar-refractivity contribution in [3.05, 3.63) is 36.4 Å². The van der Waals surface area contributed by atoms with Gasteiger partial charge in [-0.25, -0.2) is 23.9 Å². The van der Waals surface area contributed by atoms with E-state index in [4.69, 9.17) is 14.5 Å². The van der Waals surface area contributed by atoms with Crippen molar-refractivity contribution >= 4 is 22.6 Å². The number of alkyl halides is 1. The molecule has 32 heavy (non-hydrogen) atoms. The Hall–Kier alpha value is -3.11. The number of rotatable bonds is 9. The maximum Gasteiger partial charge on any atom is 0.241 e. The summed E-state index contributed by atoms with van der Waals surface area (Å²) >= 11 is 0. The topological polar surface area (TPSA) is 91.4 Å². The highest BCUT2D eigenvalue weighted by Gasteiger charge is 2.30. The highest BCUT2D eigenvalue weighted by atomic mass is 19.1. The van der Waals surface area contributed by atoms with Gasteiger partial charge in [0.05, 0.1) is 43.3 Å². The van der Waals surface area contributed by atoms with E-state index in [2.05, 4.69) is 20.4 Å². The second kappa shape index (κ2) is 8.79. The van der Waals surface area contributed by atoms with E-state index in [0.717, 1.165) is 41.0 Å². The monoisotopic (exact) mass is 439 g/mol. The quantitative estimate of drug-likeness (QED) is 0.401. The number of methoxy groups -OCH3 is 1. The van der Waals surface area contributed by atoms with Gasteiger partial charge in [0.1, 0.15) is 18.0 Å². The largest absolute Gasteiger partial charge is 0.382 e. The third-order valence-electron chi connectivity index (χ3n) is 5.85. The molecule has 9 nitrogen and oxygen atoms in total. The van der Waals surface area contributed by atoms with Gasteiger partial charge in [0.2, 0.25) is 5.95 Å². The summed E-state index contributed by atoms with van der Waals surface area (Å²) in [5.74, 6) is 1.34. The first-order chi connectivity index (χ1) is 15.7. The van der Waals surface area contributed by atoms with Crippen LogP contribution >= 0.6 is 0 Å². The van der Waals surface area contributed by atoms with E-state index in [0.29, 0.717) is 30.9 Å². The van der Waals surface area contributed by atoms with Gasteiger partial charge in [0, 0.05) is 24.9 Å². The lowest BCUT2D eigenvalue weighted by molar-refractivity contribution is -0.0261. The number of ether oxygens (including phenoxy) is 2. The first-order valence-electron chi connectivity index (χ1n) is 10.8. The Morgan fingerprint density at radius 1 is 1.19 bits per heavy atom. The molecule has 4 heterocycles. The molecule has 1 N–H and O–H groups in total. The molecular formula is C22H26FN7O2. The average molecular weight is 439 g/mol. The lowest BCUT2D eigenvalue weighted by Gasteiger charge is -2.35. The fraction of sp³-hybridized carbons (Fsp3) is 0.455. The Morgan fingerprint density at radius 2 is 2.06 bits per heavy atom. The van der Waals surface area contributed by atoms with Crippen molar-refractivity contribution in [1.29, 1.82) is 0 Å².